The summed E-state index contributed by atoms with van der Waals surface area (Å²) in [7, 11) is 0. The van der Waals surface area contributed by atoms with Gasteiger partial charge in [0.2, 0.25) is 0 Å². The Kier molecular flexibility index (Phi) is 13.9. The molecular formula is C42H47ClN4O9. The molecule has 5 N–H and O–H groups in total. The van der Waals surface area contributed by atoms with Gasteiger partial charge in [-0.25, -0.2) is 0 Å². The monoisotopic (exact) mass is 786 g/mol. The van der Waals surface area contributed by atoms with Crippen molar-refractivity contribution < 1.29 is 44.2 Å². The van der Waals surface area contributed by atoms with Crippen LogP contribution in [0, 0.1) is 30.6 Å². The van der Waals surface area contributed by atoms with Crippen LogP contribution in [0.4, 0.5) is 0 Å². The quantitative estimate of drug-likeness (QED) is 0.0748. The summed E-state index contributed by atoms with van der Waals surface area (Å²) in [5.41, 5.74) is 3.78. The normalized spacial score (nSPS) is 16.5. The Labute approximate surface area is 331 Å². The van der Waals surface area contributed by atoms with Gasteiger partial charge in [-0.15, -0.1) is 0 Å². The number of aromatic nitrogens is 1. The predicted octanol–water partition coefficient (Wildman–Crippen LogP) is 5.51. The Balaban J connectivity index is 1.29. The lowest BCUT2D eigenvalue weighted by atomic mass is 9.88. The fourth-order valence-corrected chi connectivity index (χ4v) is 6.82. The zero-order valence-corrected chi connectivity index (χ0v) is 32.4. The smallest absolute Gasteiger partial charge is 0.326 e. The number of rotatable bonds is 19. The van der Waals surface area contributed by atoms with Gasteiger partial charge in [0.05, 0.1) is 30.4 Å². The second-order valence-electron chi connectivity index (χ2n) is 14.3. The number of pyridine rings is 1. The lowest BCUT2D eigenvalue weighted by molar-refractivity contribution is -0.150. The van der Waals surface area contributed by atoms with Crippen LogP contribution in [0.5, 0.6) is 17.2 Å². The Hall–Kier alpha value is -5.23. The van der Waals surface area contributed by atoms with Crippen molar-refractivity contribution in [1.29, 1.82) is 5.26 Å². The van der Waals surface area contributed by atoms with E-state index in [0.717, 1.165) is 33.6 Å². The Bertz CT molecular complexity index is 2090. The molecule has 0 saturated carbocycles. The molecule has 14 heteroatoms. The average molecular weight is 787 g/mol. The van der Waals surface area contributed by atoms with Gasteiger partial charge < -0.3 is 39.5 Å². The highest BCUT2D eigenvalue weighted by Gasteiger charge is 2.44. The lowest BCUT2D eigenvalue weighted by Crippen LogP contribution is -2.52. The van der Waals surface area contributed by atoms with Crippen LogP contribution in [-0.4, -0.2) is 87.2 Å². The molecule has 0 bridgehead atoms. The Morgan fingerprint density at radius 3 is 2.38 bits per heavy atom. The van der Waals surface area contributed by atoms with Crippen molar-refractivity contribution in [3.63, 3.8) is 0 Å². The minimum Gasteiger partial charge on any atom is -0.493 e. The van der Waals surface area contributed by atoms with E-state index in [9.17, 15) is 35.3 Å². The minimum atomic E-state index is -1.61. The first-order valence-corrected chi connectivity index (χ1v) is 18.6. The molecule has 0 amide bonds. The van der Waals surface area contributed by atoms with Crippen LogP contribution in [0.25, 0.3) is 11.1 Å². The largest absolute Gasteiger partial charge is 0.493 e. The molecule has 0 spiro atoms. The summed E-state index contributed by atoms with van der Waals surface area (Å²) in [5.74, 6) is -0.716. The van der Waals surface area contributed by atoms with E-state index in [4.69, 9.17) is 25.8 Å². The molecule has 3 aromatic carbocycles. The third kappa shape index (κ3) is 9.76. The van der Waals surface area contributed by atoms with Crippen molar-refractivity contribution in [2.24, 2.45) is 5.41 Å². The van der Waals surface area contributed by atoms with Gasteiger partial charge in [-0.05, 0) is 86.2 Å². The highest BCUT2D eigenvalue weighted by atomic mass is 35.5. The summed E-state index contributed by atoms with van der Waals surface area (Å²) in [6.07, 6.45) is 4.17. The number of carboxylic acid groups (broad SMARTS) is 2. The van der Waals surface area contributed by atoms with Crippen molar-refractivity contribution in [3.05, 3.63) is 105 Å². The Morgan fingerprint density at radius 1 is 0.964 bits per heavy atom. The molecule has 1 aliphatic heterocycles. The zero-order valence-electron chi connectivity index (χ0n) is 31.7. The number of hydrogen-bond donors (Lipinski definition) is 5. The van der Waals surface area contributed by atoms with Crippen molar-refractivity contribution in [2.75, 3.05) is 39.5 Å². The molecule has 5 rings (SSSR count). The molecular weight excluding hydrogens is 740 g/mol. The van der Waals surface area contributed by atoms with E-state index in [1.165, 1.54) is 13.1 Å². The van der Waals surface area contributed by atoms with E-state index in [2.05, 4.69) is 21.3 Å². The van der Waals surface area contributed by atoms with Crippen LogP contribution < -0.4 is 19.5 Å². The van der Waals surface area contributed by atoms with Crippen LogP contribution >= 0.6 is 11.6 Å². The number of carboxylic acids is 2. The number of likely N-dealkylation sites (tertiary alicyclic amines) is 1. The molecule has 1 fully saturated rings. The summed E-state index contributed by atoms with van der Waals surface area (Å²) >= 11 is 6.73. The van der Waals surface area contributed by atoms with Crippen molar-refractivity contribution in [1.82, 2.24) is 15.2 Å². The number of nitrogens with zero attached hydrogens (tertiary/aromatic N) is 3. The van der Waals surface area contributed by atoms with E-state index >= 15 is 0 Å². The van der Waals surface area contributed by atoms with Gasteiger partial charge in [0, 0.05) is 49.2 Å². The van der Waals surface area contributed by atoms with Crippen LogP contribution in [0.15, 0.2) is 67.0 Å². The number of aliphatic hydroxyl groups excluding tert-OH is 2. The molecule has 0 radical (unpaired) electrons. The maximum Gasteiger partial charge on any atom is 0.326 e. The second-order valence-corrected chi connectivity index (χ2v) is 14.7. The summed E-state index contributed by atoms with van der Waals surface area (Å²) < 4.78 is 18.6. The molecule has 13 nitrogen and oxygen atoms in total. The maximum absolute atomic E-state index is 11.8. The molecule has 1 aromatic heterocycles. The number of ether oxygens (including phenoxy) is 3. The predicted molar refractivity (Wildman–Crippen MR) is 209 cm³/mol. The molecule has 2 heterocycles. The SMILES string of the molecule is Cc1c(COc2cc(OCc3cncc(C#N)c3)c(CNC(C)(CO)C(=O)O)cc2Cl)cccc1-c1cccc(OCCCN2CCC(CO)(C(=O)O)C2)c1C. The van der Waals surface area contributed by atoms with E-state index in [-0.39, 0.29) is 31.4 Å². The van der Waals surface area contributed by atoms with Gasteiger partial charge in [-0.2, -0.15) is 5.26 Å². The van der Waals surface area contributed by atoms with Crippen LogP contribution in [0.1, 0.15) is 53.1 Å². The first-order chi connectivity index (χ1) is 26.8. The maximum atomic E-state index is 11.8. The van der Waals surface area contributed by atoms with Gasteiger partial charge in [0.25, 0.3) is 0 Å². The third-order valence-electron chi connectivity index (χ3n) is 10.4. The van der Waals surface area contributed by atoms with E-state index < -0.39 is 29.5 Å². The number of aliphatic hydroxyl groups is 2. The summed E-state index contributed by atoms with van der Waals surface area (Å²) in [6, 6.07) is 18.9. The first kappa shape index (κ1) is 41.9. The van der Waals surface area contributed by atoms with Crippen LogP contribution in [-0.2, 0) is 29.3 Å². The lowest BCUT2D eigenvalue weighted by Gasteiger charge is -2.25. The summed E-state index contributed by atoms with van der Waals surface area (Å²) in [6.45, 7) is 6.74. The fraction of sp³-hybridized carbons (Fsp3) is 0.381. The van der Waals surface area contributed by atoms with Gasteiger partial charge in [-0.3, -0.25) is 19.9 Å². The number of nitrogens with one attached hydrogen (secondary N) is 1. The number of hydrogen-bond acceptors (Lipinski definition) is 11. The molecule has 2 unspecified atom stereocenters. The number of nitriles is 1. The van der Waals surface area contributed by atoms with Crippen LogP contribution in [0.3, 0.4) is 0 Å². The number of benzene rings is 3. The van der Waals surface area contributed by atoms with Gasteiger partial charge in [0.15, 0.2) is 0 Å². The number of aliphatic carboxylic acids is 2. The minimum absolute atomic E-state index is 0.00889. The van der Waals surface area contributed by atoms with Gasteiger partial charge in [0.1, 0.15) is 47.5 Å². The van der Waals surface area contributed by atoms with E-state index in [1.807, 2.05) is 50.2 Å². The molecule has 0 aliphatic carbocycles. The number of carbonyl (C=O) groups is 2. The fourth-order valence-electron chi connectivity index (χ4n) is 6.58. The molecule has 296 valence electrons. The van der Waals surface area contributed by atoms with Crippen molar-refractivity contribution >= 4 is 23.5 Å². The van der Waals surface area contributed by atoms with E-state index in [0.29, 0.717) is 67.3 Å². The van der Waals surface area contributed by atoms with Crippen LogP contribution in [0.2, 0.25) is 5.02 Å². The first-order valence-electron chi connectivity index (χ1n) is 18.2. The van der Waals surface area contributed by atoms with Crippen molar-refractivity contribution in [2.45, 2.75) is 58.9 Å². The zero-order chi connectivity index (χ0) is 40.5. The molecule has 2 atom stereocenters. The summed E-state index contributed by atoms with van der Waals surface area (Å²) in [5, 5.41) is 51.1. The van der Waals surface area contributed by atoms with Gasteiger partial charge >= 0.3 is 11.9 Å². The second kappa shape index (κ2) is 18.6. The summed E-state index contributed by atoms with van der Waals surface area (Å²) in [4.78, 5) is 29.6. The standard InChI is InChI=1S/C42H47ClN4O9/c1-27-31(7-4-8-33(27)34-9-5-10-36(28(34)2)54-14-6-12-47-13-11-42(24-47,26-49)40(52)53)23-56-38-17-37(55-22-30-15-29(18-44)19-45-20-30)32(16-35(38)43)21-46-41(3,25-48)39(50)51/h4-5,7-10,15-17,19-20,46,48-49H,6,11-14,21-26H2,1-3H3,(H,50,51)(H,52,53). The average Bonchev–Trinajstić information content (AvgIpc) is 3.63. The molecule has 1 saturated heterocycles. The highest BCUT2D eigenvalue weighted by molar-refractivity contribution is 6.32. The van der Waals surface area contributed by atoms with Crippen molar-refractivity contribution in [3.8, 4) is 34.4 Å². The molecule has 56 heavy (non-hydrogen) atoms. The van der Waals surface area contributed by atoms with E-state index in [1.54, 1.807) is 24.4 Å². The highest BCUT2D eigenvalue weighted by Crippen LogP contribution is 2.37. The molecule has 4 aromatic rings. The topological polar surface area (TPSA) is 195 Å². The number of halogens is 1. The third-order valence-corrected chi connectivity index (χ3v) is 10.7. The molecule has 1 aliphatic rings. The Morgan fingerprint density at radius 2 is 1.70 bits per heavy atom. The van der Waals surface area contributed by atoms with Gasteiger partial charge in [-0.1, -0.05) is 41.9 Å².